The third-order valence-electron chi connectivity index (χ3n) is 11.9. The number of aromatic amines is 1. The molecule has 16 heteroatoms. The lowest BCUT2D eigenvalue weighted by atomic mass is 9.97. The predicted octanol–water partition coefficient (Wildman–Crippen LogP) is 6.15. The Bertz CT molecular complexity index is 3100. The average Bonchev–Trinajstić information content (AvgIpc) is 3.94. The van der Waals surface area contributed by atoms with E-state index < -0.39 is 23.9 Å². The van der Waals surface area contributed by atoms with Crippen molar-refractivity contribution in [3.8, 4) is 45.7 Å². The number of rotatable bonds is 9. The highest BCUT2D eigenvalue weighted by atomic mass is 16.6. The number of aryl methyl sites for hydroxylation is 2. The highest BCUT2D eigenvalue weighted by Gasteiger charge is 2.38. The van der Waals surface area contributed by atoms with Gasteiger partial charge in [0, 0.05) is 59.8 Å². The number of carbonyl (C=O) groups excluding carboxylic acids is 2. The smallest absolute Gasteiger partial charge is 0.410 e. The van der Waals surface area contributed by atoms with Crippen molar-refractivity contribution in [2.45, 2.75) is 72.3 Å². The lowest BCUT2D eigenvalue weighted by molar-refractivity contribution is -0.158. The summed E-state index contributed by atoms with van der Waals surface area (Å²) in [6, 6.07) is 15.2. The van der Waals surface area contributed by atoms with Crippen molar-refractivity contribution in [1.29, 1.82) is 0 Å². The maximum absolute atomic E-state index is 13.9. The Morgan fingerprint density at radius 1 is 0.967 bits per heavy atom. The number of hydrogen-bond donors (Lipinski definition) is 4. The van der Waals surface area contributed by atoms with Gasteiger partial charge in [-0.1, -0.05) is 27.7 Å². The number of benzene rings is 3. The fourth-order valence-corrected chi connectivity index (χ4v) is 8.77. The molecule has 3 aromatic carbocycles. The largest absolute Gasteiger partial charge is 0.508 e. The number of pyridine rings is 2. The number of phenolic OH excluding ortho intramolecular Hbond substituents is 3. The van der Waals surface area contributed by atoms with Gasteiger partial charge in [-0.15, -0.1) is 0 Å². The molecule has 0 radical (unpaired) electrons. The first-order valence-corrected chi connectivity index (χ1v) is 20.1. The number of aromatic nitrogens is 6. The molecule has 61 heavy (non-hydrogen) atoms. The first kappa shape index (κ1) is 39.1. The van der Waals surface area contributed by atoms with Gasteiger partial charge >= 0.3 is 17.8 Å². The number of carbonyl (C=O) groups is 2. The van der Waals surface area contributed by atoms with Crippen LogP contribution in [0.25, 0.3) is 50.3 Å². The van der Waals surface area contributed by atoms with Crippen LogP contribution in [-0.4, -0.2) is 74.8 Å². The Labute approximate surface area is 347 Å². The lowest BCUT2D eigenvalue weighted by Crippen LogP contribution is -2.37. The molecule has 1 unspecified atom stereocenters. The van der Waals surface area contributed by atoms with E-state index in [4.69, 9.17) is 14.5 Å². The van der Waals surface area contributed by atoms with Crippen LogP contribution in [0, 0.1) is 0 Å². The van der Waals surface area contributed by atoms with Gasteiger partial charge in [0.25, 0.3) is 5.56 Å². The van der Waals surface area contributed by atoms with Crippen LogP contribution in [0.3, 0.4) is 0 Å². The minimum absolute atomic E-state index is 0.0499. The number of hydrogen-bond acceptors (Lipinski definition) is 11. The highest BCUT2D eigenvalue weighted by Crippen LogP contribution is 2.41. The van der Waals surface area contributed by atoms with E-state index in [2.05, 4.69) is 10.2 Å². The zero-order chi connectivity index (χ0) is 43.0. The molecular weight excluding hydrogens is 783 g/mol. The summed E-state index contributed by atoms with van der Waals surface area (Å²) < 4.78 is 16.2. The molecule has 0 fully saturated rings. The first-order valence-electron chi connectivity index (χ1n) is 20.1. The summed E-state index contributed by atoms with van der Waals surface area (Å²) in [5, 5.41) is 39.9. The van der Waals surface area contributed by atoms with E-state index in [0.29, 0.717) is 53.1 Å². The monoisotopic (exact) mass is 825 g/mol. The van der Waals surface area contributed by atoms with Gasteiger partial charge in [0.2, 0.25) is 6.10 Å². The molecule has 2 aliphatic heterocycles. The molecule has 1 amide bonds. The Kier molecular flexibility index (Phi) is 9.44. The van der Waals surface area contributed by atoms with Crippen molar-refractivity contribution < 1.29 is 34.4 Å². The van der Waals surface area contributed by atoms with Crippen LogP contribution in [0.1, 0.15) is 73.1 Å². The van der Waals surface area contributed by atoms with E-state index in [-0.39, 0.29) is 65.4 Å². The second-order valence-electron chi connectivity index (χ2n) is 15.7. The van der Waals surface area contributed by atoms with E-state index in [1.807, 2.05) is 56.7 Å². The van der Waals surface area contributed by atoms with Gasteiger partial charge in [0.15, 0.2) is 5.82 Å². The molecule has 7 aromatic rings. The van der Waals surface area contributed by atoms with Gasteiger partial charge < -0.3 is 38.8 Å². The van der Waals surface area contributed by atoms with E-state index in [9.17, 15) is 34.5 Å². The second kappa shape index (κ2) is 14.7. The summed E-state index contributed by atoms with van der Waals surface area (Å²) in [4.78, 5) is 60.3. The molecule has 312 valence electrons. The van der Waals surface area contributed by atoms with Crippen LogP contribution in [0.2, 0.25) is 0 Å². The van der Waals surface area contributed by atoms with Gasteiger partial charge in [0.05, 0.1) is 40.3 Å². The fourth-order valence-electron chi connectivity index (χ4n) is 8.77. The summed E-state index contributed by atoms with van der Waals surface area (Å²) in [6.45, 7) is 8.36. The topological polar surface area (TPSA) is 207 Å². The van der Waals surface area contributed by atoms with Crippen molar-refractivity contribution in [2.75, 3.05) is 13.6 Å². The second-order valence-corrected chi connectivity index (χ2v) is 15.7. The van der Waals surface area contributed by atoms with Crippen LogP contribution in [0.5, 0.6) is 17.2 Å². The number of esters is 1. The summed E-state index contributed by atoms with van der Waals surface area (Å²) in [7, 11) is 1.56. The van der Waals surface area contributed by atoms with Crippen molar-refractivity contribution in [3.63, 3.8) is 0 Å². The van der Waals surface area contributed by atoms with Gasteiger partial charge in [-0.25, -0.2) is 29.0 Å². The summed E-state index contributed by atoms with van der Waals surface area (Å²) >= 11 is 0. The molecule has 9 rings (SSSR count). The number of aromatic hydroxyl groups is 3. The Hall–Kier alpha value is -7.36. The first-order chi connectivity index (χ1) is 29.3. The van der Waals surface area contributed by atoms with Crippen molar-refractivity contribution >= 4 is 33.9 Å². The normalized spacial score (nSPS) is 14.3. The molecular formula is C45H43N7O9. The Morgan fingerprint density at radius 2 is 1.75 bits per heavy atom. The summed E-state index contributed by atoms with van der Waals surface area (Å²) in [6.07, 6.45) is 0.816. The van der Waals surface area contributed by atoms with E-state index in [0.717, 1.165) is 33.0 Å². The third kappa shape index (κ3) is 6.28. The molecule has 6 heterocycles. The number of amides is 1. The SMILES string of the molecule is CCc1c2c(nc3ccc(O)cc13)-c1cc3c(c(=O)n1C2)COC(=O)C3OC(=O)N(C)CCn1ccc2c(CC)c(-n3c(-c4cc(C(C)C)c(O)cc4O)n[nH]c3=O)ccc21. The quantitative estimate of drug-likeness (QED) is 0.121. The third-order valence-corrected chi connectivity index (χ3v) is 11.9. The van der Waals surface area contributed by atoms with Crippen LogP contribution in [0.4, 0.5) is 4.79 Å². The standard InChI is InChI=1S/C45H43N7O9/c1-6-24-28-16-23(53)8-9-33(28)46-39-31(24)20-51-36(39)18-29-32(42(51)56)21-60-43(57)40(29)61-45(59)49(5)14-15-50-13-12-26-25(7-2)35(11-10-34(26)50)52-41(47-48-44(52)58)30-17-27(22(3)4)37(54)19-38(30)55/h8-13,16-19,22,40,53-55H,6-7,14-15,20-21H2,1-5H3,(H,48,58). The molecule has 0 aliphatic carbocycles. The van der Waals surface area contributed by atoms with Crippen LogP contribution in [-0.2, 0) is 46.8 Å². The molecule has 0 saturated heterocycles. The molecule has 0 spiro atoms. The maximum Gasteiger partial charge on any atom is 0.410 e. The number of H-pyrrole nitrogens is 1. The number of phenols is 3. The molecule has 16 nitrogen and oxygen atoms in total. The van der Waals surface area contributed by atoms with Crippen molar-refractivity contribution in [1.82, 2.24) is 33.8 Å². The van der Waals surface area contributed by atoms with Gasteiger partial charge in [-0.05, 0) is 84.0 Å². The number of cyclic esters (lactones) is 1. The highest BCUT2D eigenvalue weighted by molar-refractivity contribution is 5.90. The number of likely N-dealkylation sites (N-methyl/N-ethyl adjacent to an activating group) is 1. The zero-order valence-corrected chi connectivity index (χ0v) is 34.1. The number of nitrogens with one attached hydrogen (secondary N) is 1. The lowest BCUT2D eigenvalue weighted by Gasteiger charge is -2.27. The molecule has 4 aromatic heterocycles. The molecule has 4 N–H and O–H groups in total. The van der Waals surface area contributed by atoms with Crippen LogP contribution < -0.4 is 11.2 Å². The summed E-state index contributed by atoms with van der Waals surface area (Å²) in [5.41, 5.74) is 6.38. The predicted molar refractivity (Wildman–Crippen MR) is 225 cm³/mol. The molecule has 2 aliphatic rings. The minimum atomic E-state index is -1.47. The molecule has 1 atom stereocenters. The van der Waals surface area contributed by atoms with E-state index >= 15 is 0 Å². The van der Waals surface area contributed by atoms with E-state index in [1.165, 1.54) is 15.5 Å². The number of nitrogens with zero attached hydrogens (tertiary/aromatic N) is 6. The van der Waals surface area contributed by atoms with Crippen molar-refractivity contribution in [3.05, 3.63) is 115 Å². The minimum Gasteiger partial charge on any atom is -0.508 e. The van der Waals surface area contributed by atoms with Gasteiger partial charge in [-0.2, -0.15) is 5.10 Å². The Balaban J connectivity index is 0.968. The number of ether oxygens (including phenoxy) is 2. The van der Waals surface area contributed by atoms with E-state index in [1.54, 1.807) is 41.9 Å². The van der Waals surface area contributed by atoms with Crippen LogP contribution >= 0.6 is 0 Å². The van der Waals surface area contributed by atoms with Crippen LogP contribution in [0.15, 0.2) is 70.4 Å². The van der Waals surface area contributed by atoms with Crippen molar-refractivity contribution in [2.24, 2.45) is 0 Å². The molecule has 0 saturated carbocycles. The Morgan fingerprint density at radius 3 is 2.51 bits per heavy atom. The maximum atomic E-state index is 13.9. The number of fused-ring (bicyclic) bond motifs is 6. The fraction of sp³-hybridized carbons (Fsp3) is 0.289. The molecule has 0 bridgehead atoms. The average molecular weight is 826 g/mol. The summed E-state index contributed by atoms with van der Waals surface area (Å²) in [5.74, 6) is -0.796. The zero-order valence-electron chi connectivity index (χ0n) is 34.1. The van der Waals surface area contributed by atoms with Gasteiger partial charge in [-0.3, -0.25) is 4.79 Å². The van der Waals surface area contributed by atoms with Gasteiger partial charge in [0.1, 0.15) is 23.9 Å².